The molecule has 1 heterocycles. The summed E-state index contributed by atoms with van der Waals surface area (Å²) in [7, 11) is -3.24. The average molecular weight is 233 g/mol. The molecule has 2 N–H and O–H groups in total. The zero-order valence-corrected chi connectivity index (χ0v) is 9.89. The topological polar surface area (TPSA) is 61.4 Å². The minimum absolute atomic E-state index is 0.154. The van der Waals surface area contributed by atoms with E-state index in [4.69, 9.17) is 0 Å². The van der Waals surface area contributed by atoms with Crippen molar-refractivity contribution in [1.29, 1.82) is 0 Å². The Balaban J connectivity index is 2.00. The van der Waals surface area contributed by atoms with Gasteiger partial charge in [0.25, 0.3) is 10.2 Å². The Bertz CT molecular complexity index is 309. The minimum Gasteiger partial charge on any atom is -0.313 e. The van der Waals surface area contributed by atoms with Crippen molar-refractivity contribution in [3.05, 3.63) is 0 Å². The molecule has 2 aliphatic rings. The molecule has 1 aliphatic carbocycles. The Morgan fingerprint density at radius 1 is 1.40 bits per heavy atom. The van der Waals surface area contributed by atoms with Gasteiger partial charge in [-0.15, -0.1) is 0 Å². The summed E-state index contributed by atoms with van der Waals surface area (Å²) < 4.78 is 28.3. The molecule has 0 aromatic rings. The first-order valence-electron chi connectivity index (χ1n) is 5.63. The highest BCUT2D eigenvalue weighted by molar-refractivity contribution is 7.87. The highest BCUT2D eigenvalue weighted by Crippen LogP contribution is 2.21. The molecule has 1 aliphatic heterocycles. The van der Waals surface area contributed by atoms with Crippen molar-refractivity contribution in [3.63, 3.8) is 0 Å². The number of rotatable bonds is 6. The molecule has 0 amide bonds. The first kappa shape index (κ1) is 11.3. The van der Waals surface area contributed by atoms with Crippen molar-refractivity contribution in [1.82, 2.24) is 14.3 Å². The zero-order valence-electron chi connectivity index (χ0n) is 9.07. The van der Waals surface area contributed by atoms with Gasteiger partial charge in [-0.1, -0.05) is 6.92 Å². The van der Waals surface area contributed by atoms with Crippen LogP contribution in [0.4, 0.5) is 0 Å². The Morgan fingerprint density at radius 3 is 2.47 bits per heavy atom. The van der Waals surface area contributed by atoms with E-state index in [1.165, 1.54) is 0 Å². The zero-order chi connectivity index (χ0) is 10.9. The molecule has 0 unspecified atom stereocenters. The summed E-state index contributed by atoms with van der Waals surface area (Å²) >= 11 is 0. The van der Waals surface area contributed by atoms with Gasteiger partial charge in [-0.3, -0.25) is 0 Å². The van der Waals surface area contributed by atoms with E-state index in [1.54, 1.807) is 4.31 Å². The standard InChI is InChI=1S/C9H19N3O2S/c1-2-5-12(9-6-10-7-9)15(13,14)11-8-3-4-8/h8-11H,2-7H2,1H3. The summed E-state index contributed by atoms with van der Waals surface area (Å²) in [5, 5.41) is 3.11. The van der Waals surface area contributed by atoms with Crippen LogP contribution in [0.2, 0.25) is 0 Å². The lowest BCUT2D eigenvalue weighted by molar-refractivity contribution is 0.239. The normalized spacial score (nSPS) is 23.1. The van der Waals surface area contributed by atoms with Gasteiger partial charge in [0, 0.05) is 25.7 Å². The molecule has 0 aromatic carbocycles. The van der Waals surface area contributed by atoms with Crippen LogP contribution < -0.4 is 10.0 Å². The van der Waals surface area contributed by atoms with Crippen LogP contribution in [0.1, 0.15) is 26.2 Å². The van der Waals surface area contributed by atoms with Gasteiger partial charge in [0.05, 0.1) is 6.04 Å². The predicted octanol–water partition coefficient (Wildman–Crippen LogP) is -0.333. The summed E-state index contributed by atoms with van der Waals surface area (Å²) in [6.07, 6.45) is 2.84. The minimum atomic E-state index is -3.24. The third-order valence-electron chi connectivity index (χ3n) is 2.81. The lowest BCUT2D eigenvalue weighted by Gasteiger charge is -2.37. The smallest absolute Gasteiger partial charge is 0.280 e. The highest BCUT2D eigenvalue weighted by atomic mass is 32.2. The fraction of sp³-hybridized carbons (Fsp3) is 1.00. The molecule has 15 heavy (non-hydrogen) atoms. The lowest BCUT2D eigenvalue weighted by Crippen LogP contribution is -2.61. The van der Waals surface area contributed by atoms with Crippen molar-refractivity contribution >= 4 is 10.2 Å². The van der Waals surface area contributed by atoms with Crippen LogP contribution in [0.25, 0.3) is 0 Å². The van der Waals surface area contributed by atoms with Gasteiger partial charge in [0.2, 0.25) is 0 Å². The fourth-order valence-electron chi connectivity index (χ4n) is 1.68. The molecule has 0 spiro atoms. The Morgan fingerprint density at radius 2 is 2.07 bits per heavy atom. The van der Waals surface area contributed by atoms with Crippen LogP contribution in [-0.2, 0) is 10.2 Å². The lowest BCUT2D eigenvalue weighted by atomic mass is 10.2. The summed E-state index contributed by atoms with van der Waals surface area (Å²) in [5.41, 5.74) is 0. The molecular formula is C9H19N3O2S. The summed E-state index contributed by atoms with van der Waals surface area (Å²) in [6, 6.07) is 0.351. The molecule has 2 rings (SSSR count). The molecular weight excluding hydrogens is 214 g/mol. The maximum atomic E-state index is 12.0. The predicted molar refractivity (Wildman–Crippen MR) is 58.7 cm³/mol. The van der Waals surface area contributed by atoms with E-state index in [0.717, 1.165) is 32.4 Å². The van der Waals surface area contributed by atoms with E-state index in [9.17, 15) is 8.42 Å². The van der Waals surface area contributed by atoms with E-state index < -0.39 is 10.2 Å². The van der Waals surface area contributed by atoms with Crippen LogP contribution in [-0.4, -0.2) is 44.4 Å². The maximum Gasteiger partial charge on any atom is 0.280 e. The second-order valence-corrected chi connectivity index (χ2v) is 5.97. The van der Waals surface area contributed by atoms with Gasteiger partial charge in [0.1, 0.15) is 0 Å². The first-order valence-corrected chi connectivity index (χ1v) is 7.07. The van der Waals surface area contributed by atoms with E-state index in [1.807, 2.05) is 6.92 Å². The molecule has 88 valence electrons. The number of hydrogen-bond donors (Lipinski definition) is 2. The van der Waals surface area contributed by atoms with Crippen LogP contribution in [0.15, 0.2) is 0 Å². The van der Waals surface area contributed by atoms with Gasteiger partial charge < -0.3 is 5.32 Å². The third-order valence-corrected chi connectivity index (χ3v) is 4.54. The number of hydrogen-bond acceptors (Lipinski definition) is 3. The van der Waals surface area contributed by atoms with Gasteiger partial charge >= 0.3 is 0 Å². The van der Waals surface area contributed by atoms with Gasteiger partial charge in [-0.2, -0.15) is 17.4 Å². The molecule has 0 bridgehead atoms. The monoisotopic (exact) mass is 233 g/mol. The third kappa shape index (κ3) is 2.69. The molecule has 0 atom stereocenters. The van der Waals surface area contributed by atoms with Gasteiger partial charge in [0.15, 0.2) is 0 Å². The summed E-state index contributed by atoms with van der Waals surface area (Å²) in [5.74, 6) is 0. The Kier molecular flexibility index (Phi) is 3.30. The number of nitrogens with zero attached hydrogens (tertiary/aromatic N) is 1. The molecule has 2 fully saturated rings. The highest BCUT2D eigenvalue weighted by Gasteiger charge is 2.36. The second kappa shape index (κ2) is 4.37. The average Bonchev–Trinajstić information content (AvgIpc) is 2.83. The van der Waals surface area contributed by atoms with E-state index in [-0.39, 0.29) is 12.1 Å². The number of nitrogens with one attached hydrogen (secondary N) is 2. The maximum absolute atomic E-state index is 12.0. The van der Waals surface area contributed by atoms with E-state index in [0.29, 0.717) is 6.54 Å². The van der Waals surface area contributed by atoms with Gasteiger partial charge in [-0.25, -0.2) is 0 Å². The molecule has 0 aromatic heterocycles. The SMILES string of the molecule is CCCN(C1CNC1)S(=O)(=O)NC1CC1. The van der Waals surface area contributed by atoms with E-state index in [2.05, 4.69) is 10.0 Å². The largest absolute Gasteiger partial charge is 0.313 e. The Labute approximate surface area is 91.4 Å². The van der Waals surface area contributed by atoms with E-state index >= 15 is 0 Å². The Hall–Kier alpha value is -0.170. The van der Waals surface area contributed by atoms with Gasteiger partial charge in [-0.05, 0) is 19.3 Å². The van der Waals surface area contributed by atoms with Crippen LogP contribution in [0, 0.1) is 0 Å². The van der Waals surface area contributed by atoms with Crippen molar-refractivity contribution in [2.45, 2.75) is 38.3 Å². The van der Waals surface area contributed by atoms with Crippen LogP contribution in [0.5, 0.6) is 0 Å². The summed E-state index contributed by atoms with van der Waals surface area (Å²) in [4.78, 5) is 0. The molecule has 5 nitrogen and oxygen atoms in total. The van der Waals surface area contributed by atoms with Crippen molar-refractivity contribution in [2.24, 2.45) is 0 Å². The van der Waals surface area contributed by atoms with Crippen LogP contribution >= 0.6 is 0 Å². The van der Waals surface area contributed by atoms with Crippen molar-refractivity contribution < 1.29 is 8.42 Å². The second-order valence-electron chi connectivity index (χ2n) is 4.32. The molecule has 1 saturated heterocycles. The quantitative estimate of drug-likeness (QED) is 0.660. The van der Waals surface area contributed by atoms with Crippen molar-refractivity contribution in [2.75, 3.05) is 19.6 Å². The van der Waals surface area contributed by atoms with Crippen LogP contribution in [0.3, 0.4) is 0 Å². The fourth-order valence-corrected chi connectivity index (χ4v) is 3.43. The molecule has 1 saturated carbocycles. The van der Waals surface area contributed by atoms with Crippen molar-refractivity contribution in [3.8, 4) is 0 Å². The summed E-state index contributed by atoms with van der Waals surface area (Å²) in [6.45, 7) is 4.19. The first-order chi connectivity index (χ1) is 7.13. The molecule has 0 radical (unpaired) electrons. The molecule has 6 heteroatoms.